The van der Waals surface area contributed by atoms with Gasteiger partial charge in [-0.1, -0.05) is 0 Å². The number of carbonyl (C=O) groups is 1. The molecule has 0 aliphatic heterocycles. The van der Waals surface area contributed by atoms with Crippen molar-refractivity contribution in [1.29, 1.82) is 0 Å². The minimum Gasteiger partial charge on any atom is -0.506 e. The third-order valence-corrected chi connectivity index (χ3v) is 3.34. The number of nitrogens with two attached hydrogens (primary N) is 1. The maximum Gasteiger partial charge on any atom is 0.226 e. The van der Waals surface area contributed by atoms with E-state index in [1.54, 1.807) is 12.1 Å². The average Bonchev–Trinajstić information content (AvgIpc) is 2.30. The van der Waals surface area contributed by atoms with E-state index >= 15 is 0 Å². The average molecular weight is 250 g/mol. The highest BCUT2D eigenvalue weighted by Crippen LogP contribution is 2.33. The van der Waals surface area contributed by atoms with Crippen LogP contribution >= 0.6 is 0 Å². The summed E-state index contributed by atoms with van der Waals surface area (Å²) in [6.07, 6.45) is 3.12. The van der Waals surface area contributed by atoms with Gasteiger partial charge in [0.05, 0.1) is 12.8 Å². The molecule has 1 fully saturated rings. The number of hydrogen-bond acceptors (Lipinski definition) is 4. The molecule has 0 heterocycles. The topological polar surface area (TPSA) is 84.6 Å². The first-order valence-electron chi connectivity index (χ1n) is 5.98. The van der Waals surface area contributed by atoms with Crippen LogP contribution in [0.1, 0.15) is 25.7 Å². The van der Waals surface area contributed by atoms with E-state index in [-0.39, 0.29) is 23.6 Å². The van der Waals surface area contributed by atoms with Gasteiger partial charge in [0.25, 0.3) is 0 Å². The Morgan fingerprint density at radius 2 is 2.28 bits per heavy atom. The zero-order valence-corrected chi connectivity index (χ0v) is 10.4. The SMILES string of the molecule is COc1ccc(O)c(NC(=O)CC2(N)CCC2)c1. The third-order valence-electron chi connectivity index (χ3n) is 3.34. The molecule has 0 unspecified atom stereocenters. The highest BCUT2D eigenvalue weighted by Gasteiger charge is 2.34. The van der Waals surface area contributed by atoms with Crippen LogP contribution in [-0.2, 0) is 4.79 Å². The van der Waals surface area contributed by atoms with Crippen molar-refractivity contribution in [2.24, 2.45) is 5.73 Å². The van der Waals surface area contributed by atoms with E-state index in [0.29, 0.717) is 11.4 Å². The molecule has 1 saturated carbocycles. The van der Waals surface area contributed by atoms with Gasteiger partial charge >= 0.3 is 0 Å². The molecule has 4 N–H and O–H groups in total. The van der Waals surface area contributed by atoms with Crippen LogP contribution in [0, 0.1) is 0 Å². The molecule has 1 aromatic carbocycles. The first-order valence-corrected chi connectivity index (χ1v) is 5.98. The Hall–Kier alpha value is -1.75. The van der Waals surface area contributed by atoms with Crippen molar-refractivity contribution < 1.29 is 14.6 Å². The summed E-state index contributed by atoms with van der Waals surface area (Å²) in [5.74, 6) is 0.416. The molecule has 0 radical (unpaired) electrons. The van der Waals surface area contributed by atoms with Crippen LogP contribution in [0.25, 0.3) is 0 Å². The van der Waals surface area contributed by atoms with Crippen LogP contribution in [-0.4, -0.2) is 23.7 Å². The second-order valence-electron chi connectivity index (χ2n) is 4.82. The fourth-order valence-corrected chi connectivity index (χ4v) is 2.06. The van der Waals surface area contributed by atoms with Crippen LogP contribution in [0.2, 0.25) is 0 Å². The molecule has 1 aliphatic carbocycles. The van der Waals surface area contributed by atoms with Gasteiger partial charge in [-0.05, 0) is 31.4 Å². The van der Waals surface area contributed by atoms with Crippen LogP contribution in [0.3, 0.4) is 0 Å². The first-order chi connectivity index (χ1) is 8.52. The molecule has 0 atom stereocenters. The van der Waals surface area contributed by atoms with E-state index in [2.05, 4.69) is 5.32 Å². The minimum absolute atomic E-state index is 0.0174. The Morgan fingerprint density at radius 1 is 1.56 bits per heavy atom. The molecular weight excluding hydrogens is 232 g/mol. The van der Waals surface area contributed by atoms with Gasteiger partial charge in [0.15, 0.2) is 0 Å². The number of anilines is 1. The Labute approximate surface area is 106 Å². The van der Waals surface area contributed by atoms with Gasteiger partial charge in [-0.15, -0.1) is 0 Å². The summed E-state index contributed by atoms with van der Waals surface area (Å²) in [4.78, 5) is 11.8. The lowest BCUT2D eigenvalue weighted by Gasteiger charge is -2.37. The second-order valence-corrected chi connectivity index (χ2v) is 4.82. The Balaban J connectivity index is 2.02. The number of hydrogen-bond donors (Lipinski definition) is 3. The minimum atomic E-state index is -0.363. The number of aromatic hydroxyl groups is 1. The molecule has 18 heavy (non-hydrogen) atoms. The van der Waals surface area contributed by atoms with Gasteiger partial charge in [-0.2, -0.15) is 0 Å². The molecule has 5 nitrogen and oxygen atoms in total. The molecule has 5 heteroatoms. The van der Waals surface area contributed by atoms with Crippen molar-refractivity contribution in [3.63, 3.8) is 0 Å². The monoisotopic (exact) mass is 250 g/mol. The fraction of sp³-hybridized carbons (Fsp3) is 0.462. The van der Waals surface area contributed by atoms with Crippen molar-refractivity contribution >= 4 is 11.6 Å². The smallest absolute Gasteiger partial charge is 0.226 e. The molecular formula is C13H18N2O3. The second kappa shape index (κ2) is 4.86. The summed E-state index contributed by atoms with van der Waals surface area (Å²) in [6, 6.07) is 4.69. The number of amides is 1. The van der Waals surface area contributed by atoms with Gasteiger partial charge < -0.3 is 20.9 Å². The standard InChI is InChI=1S/C13H18N2O3/c1-18-9-3-4-11(16)10(7-9)15-12(17)8-13(14)5-2-6-13/h3-4,7,16H,2,5-6,8,14H2,1H3,(H,15,17). The van der Waals surface area contributed by atoms with Crippen LogP contribution in [0.5, 0.6) is 11.5 Å². The van der Waals surface area contributed by atoms with Gasteiger partial charge in [0.1, 0.15) is 11.5 Å². The summed E-state index contributed by atoms with van der Waals surface area (Å²) in [5.41, 5.74) is 5.99. The van der Waals surface area contributed by atoms with Crippen molar-refractivity contribution in [3.8, 4) is 11.5 Å². The van der Waals surface area contributed by atoms with Gasteiger partial charge in [0, 0.05) is 18.0 Å². The number of ether oxygens (including phenoxy) is 1. The molecule has 0 bridgehead atoms. The van der Waals surface area contributed by atoms with Gasteiger partial charge in [0.2, 0.25) is 5.91 Å². The largest absolute Gasteiger partial charge is 0.506 e. The summed E-state index contributed by atoms with van der Waals surface area (Å²) in [6.45, 7) is 0. The maximum absolute atomic E-state index is 11.8. The van der Waals surface area contributed by atoms with E-state index in [1.165, 1.54) is 13.2 Å². The fourth-order valence-electron chi connectivity index (χ4n) is 2.06. The lowest BCUT2D eigenvalue weighted by molar-refractivity contribution is -0.118. The lowest BCUT2D eigenvalue weighted by Crippen LogP contribution is -2.48. The van der Waals surface area contributed by atoms with Gasteiger partial charge in [-0.3, -0.25) is 4.79 Å². The number of rotatable bonds is 4. The zero-order chi connectivity index (χ0) is 13.2. The lowest BCUT2D eigenvalue weighted by atomic mass is 9.75. The maximum atomic E-state index is 11.8. The highest BCUT2D eigenvalue weighted by atomic mass is 16.5. The van der Waals surface area contributed by atoms with E-state index in [0.717, 1.165) is 19.3 Å². The number of carbonyl (C=O) groups excluding carboxylic acids is 1. The number of benzene rings is 1. The normalized spacial score (nSPS) is 16.8. The molecule has 2 rings (SSSR count). The molecule has 0 spiro atoms. The number of methoxy groups -OCH3 is 1. The van der Waals surface area contributed by atoms with Crippen molar-refractivity contribution in [2.45, 2.75) is 31.2 Å². The first kappa shape index (κ1) is 12.7. The van der Waals surface area contributed by atoms with Crippen molar-refractivity contribution in [1.82, 2.24) is 0 Å². The summed E-state index contributed by atoms with van der Waals surface area (Å²) >= 11 is 0. The predicted molar refractivity (Wildman–Crippen MR) is 68.7 cm³/mol. The van der Waals surface area contributed by atoms with Crippen molar-refractivity contribution in [2.75, 3.05) is 12.4 Å². The van der Waals surface area contributed by atoms with E-state index in [4.69, 9.17) is 10.5 Å². The molecule has 1 aliphatic rings. The van der Waals surface area contributed by atoms with E-state index in [9.17, 15) is 9.90 Å². The Morgan fingerprint density at radius 3 is 2.83 bits per heavy atom. The molecule has 1 amide bonds. The van der Waals surface area contributed by atoms with Crippen molar-refractivity contribution in [3.05, 3.63) is 18.2 Å². The van der Waals surface area contributed by atoms with Crippen LogP contribution in [0.15, 0.2) is 18.2 Å². The third kappa shape index (κ3) is 2.73. The quantitative estimate of drug-likeness (QED) is 0.709. The number of phenols is 1. The Bertz CT molecular complexity index is 456. The Kier molecular flexibility index (Phi) is 3.43. The summed E-state index contributed by atoms with van der Waals surface area (Å²) < 4.78 is 5.04. The number of nitrogens with one attached hydrogen (secondary N) is 1. The number of phenolic OH excluding ortho intramolecular Hbond substituents is 1. The molecule has 0 aromatic heterocycles. The summed E-state index contributed by atoms with van der Waals surface area (Å²) in [7, 11) is 1.53. The van der Waals surface area contributed by atoms with Crippen LogP contribution in [0.4, 0.5) is 5.69 Å². The van der Waals surface area contributed by atoms with Gasteiger partial charge in [-0.25, -0.2) is 0 Å². The predicted octanol–water partition coefficient (Wildman–Crippen LogP) is 1.61. The highest BCUT2D eigenvalue weighted by molar-refractivity contribution is 5.93. The zero-order valence-electron chi connectivity index (χ0n) is 10.4. The molecule has 1 aromatic rings. The van der Waals surface area contributed by atoms with Crippen LogP contribution < -0.4 is 15.8 Å². The molecule has 0 saturated heterocycles. The summed E-state index contributed by atoms with van der Waals surface area (Å²) in [5, 5.41) is 12.3. The molecule has 98 valence electrons. The van der Waals surface area contributed by atoms with E-state index in [1.807, 2.05) is 0 Å². The van der Waals surface area contributed by atoms with E-state index < -0.39 is 0 Å².